The Morgan fingerprint density at radius 2 is 1.65 bits per heavy atom. The zero-order valence-electron chi connectivity index (χ0n) is 12.3. The molecule has 0 radical (unpaired) electrons. The predicted octanol–water partition coefficient (Wildman–Crippen LogP) is 0.202. The van der Waals surface area contributed by atoms with E-state index in [1.807, 2.05) is 13.8 Å². The Bertz CT molecular complexity index is 365. The Balaban J connectivity index is 2.42. The van der Waals surface area contributed by atoms with E-state index in [2.05, 4.69) is 5.32 Å². The van der Waals surface area contributed by atoms with Gasteiger partial charge in [-0.3, -0.25) is 9.59 Å². The summed E-state index contributed by atoms with van der Waals surface area (Å²) in [5.74, 6) is -1.11. The Hall–Kier alpha value is -1.79. The predicted molar refractivity (Wildman–Crippen MR) is 73.1 cm³/mol. The third-order valence-electron chi connectivity index (χ3n) is 3.28. The SMILES string of the molecule is CCOC(=O)N1CCN(C(=O)C(=O)NC(C)CC)CC1. The van der Waals surface area contributed by atoms with Gasteiger partial charge >= 0.3 is 17.9 Å². The van der Waals surface area contributed by atoms with Gasteiger partial charge in [-0.1, -0.05) is 6.92 Å². The molecule has 1 aliphatic rings. The van der Waals surface area contributed by atoms with Gasteiger partial charge in [0.2, 0.25) is 0 Å². The standard InChI is InChI=1S/C13H23N3O4/c1-4-10(3)14-11(17)12(18)15-6-8-16(9-7-15)13(19)20-5-2/h10H,4-9H2,1-3H3,(H,14,17). The summed E-state index contributed by atoms with van der Waals surface area (Å²) in [4.78, 5) is 38.2. The number of piperazine rings is 1. The van der Waals surface area contributed by atoms with Crippen molar-refractivity contribution < 1.29 is 19.1 Å². The van der Waals surface area contributed by atoms with Crippen molar-refractivity contribution in [3.63, 3.8) is 0 Å². The summed E-state index contributed by atoms with van der Waals surface area (Å²) in [5.41, 5.74) is 0. The molecule has 1 heterocycles. The van der Waals surface area contributed by atoms with E-state index >= 15 is 0 Å². The Morgan fingerprint density at radius 3 is 2.15 bits per heavy atom. The lowest BCUT2D eigenvalue weighted by Crippen LogP contribution is -2.54. The van der Waals surface area contributed by atoms with Gasteiger partial charge in [-0.2, -0.15) is 0 Å². The topological polar surface area (TPSA) is 79.0 Å². The second-order valence-corrected chi connectivity index (χ2v) is 4.76. The number of carbonyl (C=O) groups is 3. The molecule has 20 heavy (non-hydrogen) atoms. The van der Waals surface area contributed by atoms with Crippen LogP contribution in [-0.4, -0.2) is 66.5 Å². The summed E-state index contributed by atoms with van der Waals surface area (Å²) in [6.45, 7) is 7.35. The number of nitrogens with one attached hydrogen (secondary N) is 1. The first-order valence-electron chi connectivity index (χ1n) is 7.01. The van der Waals surface area contributed by atoms with Crippen LogP contribution in [0.3, 0.4) is 0 Å². The van der Waals surface area contributed by atoms with Crippen LogP contribution < -0.4 is 5.32 Å². The second-order valence-electron chi connectivity index (χ2n) is 4.76. The van der Waals surface area contributed by atoms with Crippen LogP contribution in [0.25, 0.3) is 0 Å². The molecule has 1 N–H and O–H groups in total. The highest BCUT2D eigenvalue weighted by atomic mass is 16.6. The van der Waals surface area contributed by atoms with E-state index in [1.54, 1.807) is 11.8 Å². The van der Waals surface area contributed by atoms with Gasteiger partial charge in [0.25, 0.3) is 0 Å². The lowest BCUT2D eigenvalue weighted by atomic mass is 10.2. The fraction of sp³-hybridized carbons (Fsp3) is 0.769. The van der Waals surface area contributed by atoms with Crippen LogP contribution in [0.15, 0.2) is 0 Å². The van der Waals surface area contributed by atoms with Gasteiger partial charge in [-0.25, -0.2) is 4.79 Å². The van der Waals surface area contributed by atoms with Crippen LogP contribution in [0.1, 0.15) is 27.2 Å². The first-order valence-corrected chi connectivity index (χ1v) is 7.01. The molecule has 1 saturated heterocycles. The van der Waals surface area contributed by atoms with Gasteiger partial charge in [0.05, 0.1) is 6.61 Å². The van der Waals surface area contributed by atoms with Crippen molar-refractivity contribution in [2.24, 2.45) is 0 Å². The normalized spacial score (nSPS) is 16.6. The highest BCUT2D eigenvalue weighted by Gasteiger charge is 2.28. The molecular formula is C13H23N3O4. The van der Waals surface area contributed by atoms with Crippen molar-refractivity contribution in [2.75, 3.05) is 32.8 Å². The molecule has 3 amide bonds. The molecular weight excluding hydrogens is 262 g/mol. The summed E-state index contributed by atoms with van der Waals surface area (Å²) < 4.78 is 4.90. The molecule has 0 aromatic carbocycles. The average molecular weight is 285 g/mol. The largest absolute Gasteiger partial charge is 0.450 e. The molecule has 1 aliphatic heterocycles. The lowest BCUT2D eigenvalue weighted by Gasteiger charge is -2.33. The van der Waals surface area contributed by atoms with E-state index in [-0.39, 0.29) is 12.1 Å². The molecule has 0 aromatic rings. The van der Waals surface area contributed by atoms with E-state index in [4.69, 9.17) is 4.74 Å². The molecule has 1 unspecified atom stereocenters. The number of hydrogen-bond donors (Lipinski definition) is 1. The smallest absolute Gasteiger partial charge is 0.409 e. The number of nitrogens with zero attached hydrogens (tertiary/aromatic N) is 2. The third kappa shape index (κ3) is 4.40. The van der Waals surface area contributed by atoms with E-state index in [0.717, 1.165) is 6.42 Å². The van der Waals surface area contributed by atoms with E-state index in [1.165, 1.54) is 4.90 Å². The molecule has 1 atom stereocenters. The quantitative estimate of drug-likeness (QED) is 0.751. The number of hydrogen-bond acceptors (Lipinski definition) is 4. The third-order valence-corrected chi connectivity index (χ3v) is 3.28. The minimum absolute atomic E-state index is 0.0210. The first-order chi connectivity index (χ1) is 9.49. The van der Waals surface area contributed by atoms with E-state index in [9.17, 15) is 14.4 Å². The summed E-state index contributed by atoms with van der Waals surface area (Å²) in [7, 11) is 0. The number of rotatable bonds is 3. The monoisotopic (exact) mass is 285 g/mol. The summed E-state index contributed by atoms with van der Waals surface area (Å²) in [5, 5.41) is 2.65. The van der Waals surface area contributed by atoms with Crippen molar-refractivity contribution in [3.05, 3.63) is 0 Å². The summed E-state index contributed by atoms with van der Waals surface area (Å²) >= 11 is 0. The molecule has 0 aromatic heterocycles. The van der Waals surface area contributed by atoms with Gasteiger partial charge in [0.1, 0.15) is 0 Å². The maximum Gasteiger partial charge on any atom is 0.409 e. The Kier molecular flexibility index (Phi) is 6.27. The zero-order chi connectivity index (χ0) is 15.1. The average Bonchev–Trinajstić information content (AvgIpc) is 2.46. The van der Waals surface area contributed by atoms with E-state index in [0.29, 0.717) is 32.8 Å². The van der Waals surface area contributed by atoms with Gasteiger partial charge in [0.15, 0.2) is 0 Å². The van der Waals surface area contributed by atoms with Crippen LogP contribution in [0.4, 0.5) is 4.79 Å². The molecule has 7 nitrogen and oxygen atoms in total. The fourth-order valence-corrected chi connectivity index (χ4v) is 1.84. The van der Waals surface area contributed by atoms with Crippen molar-refractivity contribution >= 4 is 17.9 Å². The fourth-order valence-electron chi connectivity index (χ4n) is 1.84. The van der Waals surface area contributed by atoms with Crippen LogP contribution >= 0.6 is 0 Å². The molecule has 114 valence electrons. The highest BCUT2D eigenvalue weighted by molar-refractivity contribution is 6.35. The number of amides is 3. The number of carbonyl (C=O) groups excluding carboxylic acids is 3. The van der Waals surface area contributed by atoms with Gasteiger partial charge < -0.3 is 19.9 Å². The van der Waals surface area contributed by atoms with Crippen molar-refractivity contribution in [2.45, 2.75) is 33.2 Å². The molecule has 1 fully saturated rings. The summed E-state index contributed by atoms with van der Waals surface area (Å²) in [6, 6.07) is -0.0210. The van der Waals surface area contributed by atoms with Crippen LogP contribution in [-0.2, 0) is 14.3 Å². The van der Waals surface area contributed by atoms with Crippen LogP contribution in [0, 0.1) is 0 Å². The first kappa shape index (κ1) is 16.3. The number of ether oxygens (including phenoxy) is 1. The highest BCUT2D eigenvalue weighted by Crippen LogP contribution is 2.04. The lowest BCUT2D eigenvalue weighted by molar-refractivity contribution is -0.147. The van der Waals surface area contributed by atoms with Crippen LogP contribution in [0.5, 0.6) is 0 Å². The minimum atomic E-state index is -0.580. The van der Waals surface area contributed by atoms with Gasteiger partial charge in [0, 0.05) is 32.2 Å². The minimum Gasteiger partial charge on any atom is -0.450 e. The van der Waals surface area contributed by atoms with Crippen LogP contribution in [0.2, 0.25) is 0 Å². The van der Waals surface area contributed by atoms with E-state index < -0.39 is 11.8 Å². The van der Waals surface area contributed by atoms with Gasteiger partial charge in [-0.05, 0) is 20.3 Å². The Morgan fingerprint density at radius 1 is 1.10 bits per heavy atom. The Labute approximate surface area is 119 Å². The van der Waals surface area contributed by atoms with Crippen molar-refractivity contribution in [1.29, 1.82) is 0 Å². The van der Waals surface area contributed by atoms with Gasteiger partial charge in [-0.15, -0.1) is 0 Å². The molecule has 0 saturated carbocycles. The molecule has 0 aliphatic carbocycles. The molecule has 0 spiro atoms. The molecule has 0 bridgehead atoms. The van der Waals surface area contributed by atoms with Crippen molar-refractivity contribution in [1.82, 2.24) is 15.1 Å². The van der Waals surface area contributed by atoms with Crippen molar-refractivity contribution in [3.8, 4) is 0 Å². The second kappa shape index (κ2) is 7.72. The molecule has 7 heteroatoms. The maximum absolute atomic E-state index is 11.9. The molecule has 1 rings (SSSR count). The maximum atomic E-state index is 11.9. The summed E-state index contributed by atoms with van der Waals surface area (Å²) in [6.07, 6.45) is 0.402. The zero-order valence-corrected chi connectivity index (χ0v) is 12.3.